The van der Waals surface area contributed by atoms with Crippen molar-refractivity contribution in [1.29, 1.82) is 0 Å². The smallest absolute Gasteiger partial charge is 0.211 e. The van der Waals surface area contributed by atoms with Gasteiger partial charge in [-0.15, -0.1) is 0 Å². The van der Waals surface area contributed by atoms with Gasteiger partial charge < -0.3 is 0 Å². The van der Waals surface area contributed by atoms with Gasteiger partial charge in [0.05, 0.1) is 5.69 Å². The van der Waals surface area contributed by atoms with Crippen molar-refractivity contribution >= 4 is 33.8 Å². The number of nitrogens with zero attached hydrogens (tertiary/aromatic N) is 1. The lowest BCUT2D eigenvalue weighted by Gasteiger charge is -1.94. The molecule has 0 radical (unpaired) electrons. The molecule has 0 unspecified atom stereocenters. The first kappa shape index (κ1) is 10.9. The van der Waals surface area contributed by atoms with Crippen LogP contribution in [0.25, 0.3) is 6.08 Å². The van der Waals surface area contributed by atoms with Gasteiger partial charge in [-0.1, -0.05) is 40.2 Å². The highest BCUT2D eigenvalue weighted by molar-refractivity contribution is 9.09. The average molecular weight is 252 g/mol. The summed E-state index contributed by atoms with van der Waals surface area (Å²) in [4.78, 5) is 13.6. The number of hydrogen-bond acceptors (Lipinski definition) is 2. The highest BCUT2D eigenvalue weighted by atomic mass is 79.9. The Balaban J connectivity index is 2.77. The van der Waals surface area contributed by atoms with E-state index in [9.17, 15) is 4.79 Å². The van der Waals surface area contributed by atoms with Crippen LogP contribution in [0.1, 0.15) is 12.0 Å². The second-order valence-corrected chi connectivity index (χ2v) is 3.47. The van der Waals surface area contributed by atoms with E-state index in [1.165, 1.54) is 6.08 Å². The van der Waals surface area contributed by atoms with Gasteiger partial charge in [-0.2, -0.15) is 4.99 Å². The highest BCUT2D eigenvalue weighted by Gasteiger charge is 1.89. The van der Waals surface area contributed by atoms with Gasteiger partial charge in [0.25, 0.3) is 0 Å². The number of aliphatic imine (C=N–C) groups is 1. The van der Waals surface area contributed by atoms with Crippen molar-refractivity contribution in [3.8, 4) is 0 Å². The molecule has 1 aromatic carbocycles. The van der Waals surface area contributed by atoms with Crippen LogP contribution in [-0.4, -0.2) is 11.4 Å². The lowest BCUT2D eigenvalue weighted by molar-refractivity contribution is 0.565. The maximum absolute atomic E-state index is 10.0. The first-order valence-electron chi connectivity index (χ1n) is 4.27. The molecule has 0 amide bonds. The SMILES string of the molecule is O=C=Nc1cccc(C=CCCBr)c1. The fourth-order valence-corrected chi connectivity index (χ4v) is 1.30. The number of halogens is 1. The Morgan fingerprint density at radius 1 is 1.50 bits per heavy atom. The zero-order valence-electron chi connectivity index (χ0n) is 7.61. The van der Waals surface area contributed by atoms with Crippen molar-refractivity contribution in [3.05, 3.63) is 35.9 Å². The summed E-state index contributed by atoms with van der Waals surface area (Å²) in [5, 5.41) is 0.954. The van der Waals surface area contributed by atoms with E-state index in [1.54, 1.807) is 6.07 Å². The molecule has 0 spiro atoms. The minimum absolute atomic E-state index is 0.640. The maximum atomic E-state index is 10.0. The Kier molecular flexibility index (Phi) is 4.90. The first-order valence-corrected chi connectivity index (χ1v) is 5.39. The van der Waals surface area contributed by atoms with Crippen LogP contribution in [0.4, 0.5) is 5.69 Å². The minimum atomic E-state index is 0.640. The summed E-state index contributed by atoms with van der Waals surface area (Å²) in [6.45, 7) is 0. The molecular formula is C11H10BrNO. The molecule has 0 saturated heterocycles. The molecular weight excluding hydrogens is 242 g/mol. The van der Waals surface area contributed by atoms with Gasteiger partial charge in [0.1, 0.15) is 0 Å². The number of rotatable bonds is 4. The number of allylic oxidation sites excluding steroid dienone is 1. The summed E-state index contributed by atoms with van der Waals surface area (Å²) in [7, 11) is 0. The third-order valence-electron chi connectivity index (χ3n) is 1.63. The van der Waals surface area contributed by atoms with Crippen LogP contribution in [0.15, 0.2) is 35.3 Å². The lowest BCUT2D eigenvalue weighted by Crippen LogP contribution is -1.72. The normalized spacial score (nSPS) is 10.1. The predicted molar refractivity (Wildman–Crippen MR) is 61.7 cm³/mol. The van der Waals surface area contributed by atoms with Gasteiger partial charge in [0, 0.05) is 5.33 Å². The highest BCUT2D eigenvalue weighted by Crippen LogP contribution is 2.14. The van der Waals surface area contributed by atoms with Gasteiger partial charge in [-0.3, -0.25) is 0 Å². The molecule has 0 aliphatic rings. The van der Waals surface area contributed by atoms with E-state index in [4.69, 9.17) is 0 Å². The maximum Gasteiger partial charge on any atom is 0.240 e. The molecule has 0 aliphatic carbocycles. The standard InChI is InChI=1S/C11H10BrNO/c12-7-2-1-4-10-5-3-6-11(8-10)13-9-14/h1,3-6,8H,2,7H2. The van der Waals surface area contributed by atoms with E-state index in [-0.39, 0.29) is 0 Å². The van der Waals surface area contributed by atoms with Crippen LogP contribution in [0.5, 0.6) is 0 Å². The molecule has 0 fully saturated rings. The van der Waals surface area contributed by atoms with Gasteiger partial charge in [-0.25, -0.2) is 4.79 Å². The second-order valence-electron chi connectivity index (χ2n) is 2.68. The fraction of sp³-hybridized carbons (Fsp3) is 0.182. The monoisotopic (exact) mass is 251 g/mol. The zero-order chi connectivity index (χ0) is 10.2. The van der Waals surface area contributed by atoms with Crippen molar-refractivity contribution < 1.29 is 4.79 Å². The number of carbonyl (C=O) groups excluding carboxylic acids is 1. The van der Waals surface area contributed by atoms with Gasteiger partial charge in [0.15, 0.2) is 0 Å². The summed E-state index contributed by atoms with van der Waals surface area (Å²) in [5.74, 6) is 0. The molecule has 3 heteroatoms. The van der Waals surface area contributed by atoms with Crippen LogP contribution in [0.2, 0.25) is 0 Å². The molecule has 14 heavy (non-hydrogen) atoms. The largest absolute Gasteiger partial charge is 0.240 e. The topological polar surface area (TPSA) is 29.4 Å². The van der Waals surface area contributed by atoms with E-state index in [0.29, 0.717) is 5.69 Å². The molecule has 2 nitrogen and oxygen atoms in total. The number of hydrogen-bond donors (Lipinski definition) is 0. The summed E-state index contributed by atoms with van der Waals surface area (Å²) in [5.41, 5.74) is 1.68. The lowest BCUT2D eigenvalue weighted by atomic mass is 10.2. The summed E-state index contributed by atoms with van der Waals surface area (Å²) in [6.07, 6.45) is 6.58. The van der Waals surface area contributed by atoms with Crippen LogP contribution in [0, 0.1) is 0 Å². The van der Waals surface area contributed by atoms with Gasteiger partial charge in [0.2, 0.25) is 6.08 Å². The Bertz CT molecular complexity index is 367. The van der Waals surface area contributed by atoms with Crippen LogP contribution in [0.3, 0.4) is 0 Å². The molecule has 0 N–H and O–H groups in total. The summed E-state index contributed by atoms with van der Waals surface area (Å²) < 4.78 is 0. The molecule has 1 rings (SSSR count). The number of alkyl halides is 1. The molecule has 72 valence electrons. The molecule has 0 aliphatic heterocycles. The molecule has 0 aromatic heterocycles. The summed E-state index contributed by atoms with van der Waals surface area (Å²) in [6, 6.07) is 7.45. The van der Waals surface area contributed by atoms with Crippen molar-refractivity contribution in [2.24, 2.45) is 4.99 Å². The molecule has 0 heterocycles. The fourth-order valence-electron chi connectivity index (χ4n) is 1.03. The van der Waals surface area contributed by atoms with E-state index in [0.717, 1.165) is 17.3 Å². The number of isocyanates is 1. The van der Waals surface area contributed by atoms with Crippen LogP contribution in [-0.2, 0) is 4.79 Å². The Hall–Kier alpha value is -1.18. The van der Waals surface area contributed by atoms with Crippen LogP contribution < -0.4 is 0 Å². The Morgan fingerprint density at radius 3 is 3.07 bits per heavy atom. The zero-order valence-corrected chi connectivity index (χ0v) is 9.20. The van der Waals surface area contributed by atoms with E-state index in [2.05, 4.69) is 27.0 Å². The second kappa shape index (κ2) is 6.30. The summed E-state index contributed by atoms with van der Waals surface area (Å²) >= 11 is 3.34. The first-order chi connectivity index (χ1) is 6.86. The Labute approximate surface area is 91.5 Å². The predicted octanol–water partition coefficient (Wildman–Crippen LogP) is 3.45. The Morgan fingerprint density at radius 2 is 2.36 bits per heavy atom. The van der Waals surface area contributed by atoms with Crippen molar-refractivity contribution in [2.45, 2.75) is 6.42 Å². The third-order valence-corrected chi connectivity index (χ3v) is 2.09. The van der Waals surface area contributed by atoms with Crippen molar-refractivity contribution in [3.63, 3.8) is 0 Å². The minimum Gasteiger partial charge on any atom is -0.211 e. The van der Waals surface area contributed by atoms with Gasteiger partial charge in [-0.05, 0) is 24.1 Å². The quantitative estimate of drug-likeness (QED) is 0.458. The molecule has 0 bridgehead atoms. The average Bonchev–Trinajstić information content (AvgIpc) is 2.19. The van der Waals surface area contributed by atoms with Crippen molar-refractivity contribution in [2.75, 3.05) is 5.33 Å². The molecule has 0 atom stereocenters. The molecule has 1 aromatic rings. The van der Waals surface area contributed by atoms with Crippen LogP contribution >= 0.6 is 15.9 Å². The van der Waals surface area contributed by atoms with E-state index in [1.807, 2.05) is 24.3 Å². The number of benzene rings is 1. The molecule has 0 saturated carbocycles. The van der Waals surface area contributed by atoms with Gasteiger partial charge >= 0.3 is 0 Å². The van der Waals surface area contributed by atoms with E-state index < -0.39 is 0 Å². The van der Waals surface area contributed by atoms with Crippen molar-refractivity contribution in [1.82, 2.24) is 0 Å². The third kappa shape index (κ3) is 3.69. The van der Waals surface area contributed by atoms with E-state index >= 15 is 0 Å².